The molecule has 0 radical (unpaired) electrons. The number of hydrogen-bond acceptors (Lipinski definition) is 7. The van der Waals surface area contributed by atoms with Crippen LogP contribution in [0.1, 0.15) is 48.0 Å². The van der Waals surface area contributed by atoms with Crippen LogP contribution in [0.2, 0.25) is 0 Å². The lowest BCUT2D eigenvalue weighted by Gasteiger charge is -2.30. The molecule has 0 bridgehead atoms. The van der Waals surface area contributed by atoms with Gasteiger partial charge in [-0.05, 0) is 19.4 Å². The van der Waals surface area contributed by atoms with Crippen molar-refractivity contribution in [2.75, 3.05) is 45.9 Å². The Morgan fingerprint density at radius 2 is 1.93 bits per heavy atom. The topological polar surface area (TPSA) is 71.5 Å². The number of morpholine rings is 1. The molecule has 1 aliphatic heterocycles. The number of unbranched alkanes of at least 4 members (excludes halogenated alkanes) is 3. The van der Waals surface area contributed by atoms with Crippen LogP contribution in [0.15, 0.2) is 18.5 Å². The van der Waals surface area contributed by atoms with Gasteiger partial charge in [0.15, 0.2) is 10.8 Å². The van der Waals surface area contributed by atoms with E-state index in [1.807, 2.05) is 11.8 Å². The van der Waals surface area contributed by atoms with Crippen molar-refractivity contribution in [2.45, 2.75) is 39.5 Å². The Morgan fingerprint density at radius 1 is 1.17 bits per heavy atom. The zero-order valence-corrected chi connectivity index (χ0v) is 18.3. The summed E-state index contributed by atoms with van der Waals surface area (Å²) in [7, 11) is 0. The summed E-state index contributed by atoms with van der Waals surface area (Å²) in [5, 5.41) is 0.700. The third-order valence-electron chi connectivity index (χ3n) is 5.11. The molecule has 0 unspecified atom stereocenters. The molecule has 8 heteroatoms. The summed E-state index contributed by atoms with van der Waals surface area (Å²) in [4.78, 5) is 31.5. The van der Waals surface area contributed by atoms with Crippen molar-refractivity contribution < 1.29 is 9.53 Å². The van der Waals surface area contributed by atoms with Crippen LogP contribution in [0.3, 0.4) is 0 Å². The molecule has 158 valence electrons. The van der Waals surface area contributed by atoms with Gasteiger partial charge in [-0.25, -0.2) is 15.0 Å². The van der Waals surface area contributed by atoms with Crippen molar-refractivity contribution in [3.63, 3.8) is 0 Å². The third kappa shape index (κ3) is 6.29. The van der Waals surface area contributed by atoms with Gasteiger partial charge in [-0.2, -0.15) is 0 Å². The number of nitrogens with zero attached hydrogens (tertiary/aromatic N) is 5. The van der Waals surface area contributed by atoms with E-state index in [4.69, 9.17) is 4.74 Å². The standard InChI is InChI=1S/C21H31N5O2S/c1-3-4-5-6-10-26(12-11-25-13-15-28-16-14-25)21(27)18-17(2)24-20(29-18)19-22-8-7-9-23-19/h7-9H,3-6,10-16H2,1-2H3. The van der Waals surface area contributed by atoms with Crippen LogP contribution in [-0.2, 0) is 4.74 Å². The largest absolute Gasteiger partial charge is 0.379 e. The molecule has 1 saturated heterocycles. The quantitative estimate of drug-likeness (QED) is 0.553. The summed E-state index contributed by atoms with van der Waals surface area (Å²) in [5.41, 5.74) is 0.757. The average Bonchev–Trinajstić information content (AvgIpc) is 3.16. The predicted octanol–water partition coefficient (Wildman–Crippen LogP) is 3.26. The minimum Gasteiger partial charge on any atom is -0.379 e. The van der Waals surface area contributed by atoms with E-state index in [1.165, 1.54) is 24.2 Å². The molecule has 0 aliphatic carbocycles. The second kappa shape index (κ2) is 11.3. The second-order valence-electron chi connectivity index (χ2n) is 7.31. The maximum absolute atomic E-state index is 13.4. The highest BCUT2D eigenvalue weighted by molar-refractivity contribution is 7.17. The van der Waals surface area contributed by atoms with E-state index in [0.717, 1.165) is 64.5 Å². The van der Waals surface area contributed by atoms with Crippen LogP contribution in [0.25, 0.3) is 10.8 Å². The number of carbonyl (C=O) groups excluding carboxylic acids is 1. The number of hydrogen-bond donors (Lipinski definition) is 0. The molecule has 0 aromatic carbocycles. The van der Waals surface area contributed by atoms with Gasteiger partial charge < -0.3 is 9.64 Å². The summed E-state index contributed by atoms with van der Waals surface area (Å²) in [6.45, 7) is 9.94. The molecule has 3 rings (SSSR count). The van der Waals surface area contributed by atoms with Gasteiger partial charge in [0, 0.05) is 45.1 Å². The minimum absolute atomic E-state index is 0.0759. The van der Waals surface area contributed by atoms with Crippen molar-refractivity contribution >= 4 is 17.2 Å². The second-order valence-corrected chi connectivity index (χ2v) is 8.31. The van der Waals surface area contributed by atoms with Crippen LogP contribution in [0.4, 0.5) is 0 Å². The van der Waals surface area contributed by atoms with Gasteiger partial charge in [0.25, 0.3) is 5.91 Å². The summed E-state index contributed by atoms with van der Waals surface area (Å²) >= 11 is 1.39. The molecule has 1 aliphatic rings. The van der Waals surface area contributed by atoms with Crippen LogP contribution in [0, 0.1) is 6.92 Å². The van der Waals surface area contributed by atoms with Crippen molar-refractivity contribution in [3.05, 3.63) is 29.0 Å². The van der Waals surface area contributed by atoms with Gasteiger partial charge >= 0.3 is 0 Å². The fourth-order valence-corrected chi connectivity index (χ4v) is 4.36. The summed E-state index contributed by atoms with van der Waals surface area (Å²) < 4.78 is 5.43. The lowest BCUT2D eigenvalue weighted by molar-refractivity contribution is 0.0324. The van der Waals surface area contributed by atoms with Crippen LogP contribution in [-0.4, -0.2) is 76.6 Å². The van der Waals surface area contributed by atoms with Gasteiger partial charge in [0.1, 0.15) is 4.88 Å². The lowest BCUT2D eigenvalue weighted by Crippen LogP contribution is -2.43. The summed E-state index contributed by atoms with van der Waals surface area (Å²) in [6.07, 6.45) is 7.99. The van der Waals surface area contributed by atoms with E-state index in [2.05, 4.69) is 26.8 Å². The predicted molar refractivity (Wildman–Crippen MR) is 115 cm³/mol. The van der Waals surface area contributed by atoms with Gasteiger partial charge in [0.05, 0.1) is 18.9 Å². The summed E-state index contributed by atoms with van der Waals surface area (Å²) in [5.74, 6) is 0.648. The van der Waals surface area contributed by atoms with Gasteiger partial charge in [-0.1, -0.05) is 26.2 Å². The molecular formula is C21H31N5O2S. The van der Waals surface area contributed by atoms with Crippen LogP contribution in [0.5, 0.6) is 0 Å². The first-order chi connectivity index (χ1) is 14.2. The van der Waals surface area contributed by atoms with E-state index in [9.17, 15) is 4.79 Å². The Bertz CT molecular complexity index is 762. The van der Waals surface area contributed by atoms with Crippen molar-refractivity contribution in [3.8, 4) is 10.8 Å². The number of rotatable bonds is 10. The first kappa shape index (κ1) is 21.8. The highest BCUT2D eigenvalue weighted by Crippen LogP contribution is 2.26. The maximum atomic E-state index is 13.4. The van der Waals surface area contributed by atoms with E-state index in [1.54, 1.807) is 18.5 Å². The van der Waals surface area contributed by atoms with Crippen molar-refractivity contribution in [1.29, 1.82) is 0 Å². The number of ether oxygens (including phenoxy) is 1. The Balaban J connectivity index is 1.69. The highest BCUT2D eigenvalue weighted by atomic mass is 32.1. The normalized spacial score (nSPS) is 14.8. The fourth-order valence-electron chi connectivity index (χ4n) is 3.37. The smallest absolute Gasteiger partial charge is 0.265 e. The number of thiazole rings is 1. The monoisotopic (exact) mass is 417 g/mol. The van der Waals surface area contributed by atoms with E-state index in [0.29, 0.717) is 15.7 Å². The molecule has 1 fully saturated rings. The van der Waals surface area contributed by atoms with E-state index < -0.39 is 0 Å². The number of amides is 1. The summed E-state index contributed by atoms with van der Waals surface area (Å²) in [6, 6.07) is 1.78. The molecule has 7 nitrogen and oxygen atoms in total. The minimum atomic E-state index is 0.0759. The highest BCUT2D eigenvalue weighted by Gasteiger charge is 2.23. The molecule has 0 N–H and O–H groups in total. The van der Waals surface area contributed by atoms with Crippen molar-refractivity contribution in [2.24, 2.45) is 0 Å². The molecule has 1 amide bonds. The van der Waals surface area contributed by atoms with Crippen molar-refractivity contribution in [1.82, 2.24) is 24.8 Å². The Kier molecular flexibility index (Phi) is 8.52. The van der Waals surface area contributed by atoms with Gasteiger partial charge in [-0.15, -0.1) is 11.3 Å². The average molecular weight is 418 g/mol. The molecule has 2 aromatic rings. The molecule has 3 heterocycles. The molecule has 0 spiro atoms. The molecular weight excluding hydrogens is 386 g/mol. The molecule has 29 heavy (non-hydrogen) atoms. The van der Waals surface area contributed by atoms with E-state index >= 15 is 0 Å². The Morgan fingerprint density at radius 3 is 2.66 bits per heavy atom. The number of aromatic nitrogens is 3. The SMILES string of the molecule is CCCCCCN(CCN1CCOCC1)C(=O)c1sc(-c2ncccn2)nc1C. The Labute approximate surface area is 177 Å². The number of carbonyl (C=O) groups is 1. The van der Waals surface area contributed by atoms with Crippen LogP contribution >= 0.6 is 11.3 Å². The molecule has 2 aromatic heterocycles. The zero-order chi connectivity index (χ0) is 20.5. The lowest BCUT2D eigenvalue weighted by atomic mass is 10.2. The third-order valence-corrected chi connectivity index (χ3v) is 6.25. The maximum Gasteiger partial charge on any atom is 0.265 e. The first-order valence-corrected chi connectivity index (χ1v) is 11.3. The molecule has 0 saturated carbocycles. The fraction of sp³-hybridized carbons (Fsp3) is 0.619. The van der Waals surface area contributed by atoms with Gasteiger partial charge in [-0.3, -0.25) is 9.69 Å². The zero-order valence-electron chi connectivity index (χ0n) is 17.5. The first-order valence-electron chi connectivity index (χ1n) is 10.5. The van der Waals surface area contributed by atoms with Crippen LogP contribution < -0.4 is 0 Å². The number of aryl methyl sites for hydroxylation is 1. The van der Waals surface area contributed by atoms with Gasteiger partial charge in [0.2, 0.25) is 0 Å². The van der Waals surface area contributed by atoms with E-state index in [-0.39, 0.29) is 5.91 Å². The molecule has 0 atom stereocenters. The Hall–Kier alpha value is -1.90.